The van der Waals surface area contributed by atoms with Crippen LogP contribution in [0.5, 0.6) is 5.75 Å². The molecule has 1 saturated heterocycles. The van der Waals surface area contributed by atoms with Gasteiger partial charge < -0.3 is 28.3 Å². The first-order valence-electron chi connectivity index (χ1n) is 19.6. The molecule has 0 bridgehead atoms. The molecule has 2 aliphatic heterocycles. The summed E-state index contributed by atoms with van der Waals surface area (Å²) in [4.78, 5) is 27.3. The number of benzene rings is 3. The van der Waals surface area contributed by atoms with Gasteiger partial charge in [0, 0.05) is 32.7 Å². The van der Waals surface area contributed by atoms with E-state index in [1.54, 1.807) is 40.6 Å². The molecule has 3 aromatic carbocycles. The number of aryl methyl sites for hydroxylation is 1. The molecule has 0 unspecified atom stereocenters. The summed E-state index contributed by atoms with van der Waals surface area (Å²) in [7, 11) is -3.78. The van der Waals surface area contributed by atoms with E-state index in [-0.39, 0.29) is 53.1 Å². The zero-order valence-corrected chi connectivity index (χ0v) is 36.5. The third-order valence-corrected chi connectivity index (χ3v) is 19.7. The Balaban J connectivity index is 1.60. The highest BCUT2D eigenvalue weighted by Gasteiger charge is 2.57. The van der Waals surface area contributed by atoms with Gasteiger partial charge in [-0.05, 0) is 90.8 Å². The highest BCUT2D eigenvalue weighted by atomic mass is 32.2. The lowest BCUT2D eigenvalue weighted by molar-refractivity contribution is -0.121. The van der Waals surface area contributed by atoms with Crippen LogP contribution in [0.3, 0.4) is 0 Å². The van der Waals surface area contributed by atoms with Crippen LogP contribution < -0.4 is 9.64 Å². The fraction of sp³-hybridized carbons (Fsp3) is 0.535. The Hall–Kier alpha value is -3.59. The fourth-order valence-corrected chi connectivity index (χ4v) is 16.2. The molecule has 0 spiro atoms. The van der Waals surface area contributed by atoms with Gasteiger partial charge in [-0.3, -0.25) is 4.79 Å². The number of hydrogen-bond acceptors (Lipinski definition) is 9. The molecule has 13 heteroatoms. The van der Waals surface area contributed by atoms with Gasteiger partial charge in [-0.2, -0.15) is 4.31 Å². The maximum absolute atomic E-state index is 15.0. The standard InChI is InChI=1S/C43H60N2O9SSi/c1-29(2)56(30(3)4,31(5)6)54-43(8)25-37(34-15-17-35(18-16-34)42(47)51-10)40(26-45(43)55(48,49)36-19-12-32(7)13-20-36)52-27-33-14-21-39-38(24-33)44(22-11-23-50-9)41(46)28-53-39/h12-21,24,29-31,37,40H,11,22-23,25-28H2,1-10H3/t37-,40+,43+/m1/s1. The predicted octanol–water partition coefficient (Wildman–Crippen LogP) is 8.22. The summed E-state index contributed by atoms with van der Waals surface area (Å²) in [5.74, 6) is -0.274. The van der Waals surface area contributed by atoms with Gasteiger partial charge in [0.15, 0.2) is 6.61 Å². The fourth-order valence-electron chi connectivity index (χ4n) is 8.78. The number of esters is 1. The molecule has 56 heavy (non-hydrogen) atoms. The molecule has 0 aromatic heterocycles. The van der Waals surface area contributed by atoms with E-state index in [2.05, 4.69) is 41.5 Å². The van der Waals surface area contributed by atoms with E-state index >= 15 is 0 Å². The van der Waals surface area contributed by atoms with Crippen molar-refractivity contribution in [1.82, 2.24) is 4.31 Å². The number of anilines is 1. The van der Waals surface area contributed by atoms with Crippen LogP contribution in [0.25, 0.3) is 0 Å². The van der Waals surface area contributed by atoms with Crippen LogP contribution in [0.15, 0.2) is 71.6 Å². The molecular formula is C43H60N2O9SSi. The summed E-state index contributed by atoms with van der Waals surface area (Å²) in [5, 5.41) is 0. The lowest BCUT2D eigenvalue weighted by atomic mass is 9.82. The zero-order chi connectivity index (χ0) is 41.0. The Kier molecular flexibility index (Phi) is 13.9. The number of rotatable bonds is 16. The van der Waals surface area contributed by atoms with Crippen LogP contribution in [0.1, 0.15) is 94.3 Å². The second-order valence-corrected chi connectivity index (χ2v) is 23.4. The molecule has 1 fully saturated rings. The van der Waals surface area contributed by atoms with Crippen molar-refractivity contribution < 1.29 is 41.4 Å². The summed E-state index contributed by atoms with van der Waals surface area (Å²) in [5.41, 5.74) is 3.09. The van der Waals surface area contributed by atoms with Crippen molar-refractivity contribution in [2.75, 3.05) is 45.4 Å². The van der Waals surface area contributed by atoms with Crippen LogP contribution in [-0.2, 0) is 40.1 Å². The normalized spacial score (nSPS) is 20.7. The van der Waals surface area contributed by atoms with Gasteiger partial charge in [0.1, 0.15) is 11.5 Å². The van der Waals surface area contributed by atoms with Gasteiger partial charge in [-0.25, -0.2) is 13.2 Å². The summed E-state index contributed by atoms with van der Waals surface area (Å²) < 4.78 is 61.8. The van der Waals surface area contributed by atoms with Gasteiger partial charge in [-0.1, -0.05) is 77.4 Å². The van der Waals surface area contributed by atoms with Crippen molar-refractivity contribution in [1.29, 1.82) is 0 Å². The molecule has 3 aromatic rings. The van der Waals surface area contributed by atoms with Gasteiger partial charge in [0.25, 0.3) is 5.91 Å². The molecule has 3 atom stereocenters. The minimum Gasteiger partial charge on any atom is -0.482 e. The lowest BCUT2D eigenvalue weighted by Gasteiger charge is -2.55. The first kappa shape index (κ1) is 43.5. The topological polar surface area (TPSA) is 121 Å². The second-order valence-electron chi connectivity index (χ2n) is 16.2. The number of carbonyl (C=O) groups is 2. The molecule has 1 amide bonds. The molecule has 0 saturated carbocycles. The van der Waals surface area contributed by atoms with Gasteiger partial charge >= 0.3 is 5.97 Å². The Morgan fingerprint density at radius 3 is 2.18 bits per heavy atom. The average Bonchev–Trinajstić information content (AvgIpc) is 3.16. The number of sulfonamides is 1. The van der Waals surface area contributed by atoms with Gasteiger partial charge in [0.2, 0.25) is 18.3 Å². The molecule has 0 aliphatic carbocycles. The summed E-state index contributed by atoms with van der Waals surface area (Å²) in [6.45, 7) is 18.2. The van der Waals surface area contributed by atoms with Crippen LogP contribution in [0.4, 0.5) is 5.69 Å². The van der Waals surface area contributed by atoms with E-state index < -0.39 is 36.1 Å². The number of ether oxygens (including phenoxy) is 4. The van der Waals surface area contributed by atoms with Crippen molar-refractivity contribution >= 4 is 35.9 Å². The summed E-state index contributed by atoms with van der Waals surface area (Å²) in [6, 6.07) is 19.9. The van der Waals surface area contributed by atoms with Crippen molar-refractivity contribution in [3.63, 3.8) is 0 Å². The number of methoxy groups -OCH3 is 2. The first-order chi connectivity index (χ1) is 26.5. The first-order valence-corrected chi connectivity index (χ1v) is 23.2. The molecule has 0 N–H and O–H groups in total. The second kappa shape index (κ2) is 17.9. The third-order valence-electron chi connectivity index (χ3n) is 11.6. The largest absolute Gasteiger partial charge is 0.482 e. The quantitative estimate of drug-likeness (QED) is 0.0801. The van der Waals surface area contributed by atoms with Crippen LogP contribution in [0, 0.1) is 6.92 Å². The monoisotopic (exact) mass is 808 g/mol. The van der Waals surface area contributed by atoms with Gasteiger partial charge in [0.05, 0.1) is 36.0 Å². The molecule has 0 radical (unpaired) electrons. The van der Waals surface area contributed by atoms with E-state index in [1.165, 1.54) is 7.11 Å². The number of hydrogen-bond donors (Lipinski definition) is 0. The molecule has 2 heterocycles. The van der Waals surface area contributed by atoms with E-state index in [0.717, 1.165) is 16.7 Å². The maximum Gasteiger partial charge on any atom is 0.337 e. The van der Waals surface area contributed by atoms with E-state index in [9.17, 15) is 18.0 Å². The van der Waals surface area contributed by atoms with Gasteiger partial charge in [-0.15, -0.1) is 0 Å². The predicted molar refractivity (Wildman–Crippen MR) is 220 cm³/mol. The third kappa shape index (κ3) is 8.93. The van der Waals surface area contributed by atoms with E-state index in [1.807, 2.05) is 56.3 Å². The highest BCUT2D eigenvalue weighted by Crippen LogP contribution is 2.50. The number of fused-ring (bicyclic) bond motifs is 1. The minimum absolute atomic E-state index is 0.0184. The van der Waals surface area contributed by atoms with E-state index in [0.29, 0.717) is 43.0 Å². The SMILES string of the molecule is COCCCN1C(=O)COc2ccc(CO[C@H]3CN(S(=O)(=O)c4ccc(C)cc4)[C@@](C)(O[Si](C(C)C)(C(C)C)C(C)C)C[C@@H]3c3ccc(C(=O)OC)cc3)cc21. The Morgan fingerprint density at radius 2 is 1.59 bits per heavy atom. The van der Waals surface area contributed by atoms with Crippen LogP contribution in [0.2, 0.25) is 16.6 Å². The molecule has 11 nitrogen and oxygen atoms in total. The number of piperidine rings is 1. The molecular weight excluding hydrogens is 749 g/mol. The molecule has 306 valence electrons. The van der Waals surface area contributed by atoms with Crippen molar-refractivity contribution in [3.05, 3.63) is 89.0 Å². The number of carbonyl (C=O) groups excluding carboxylic acids is 2. The Bertz CT molecular complexity index is 1910. The minimum atomic E-state index is -4.10. The summed E-state index contributed by atoms with van der Waals surface area (Å²) in [6.07, 6.45) is 0.360. The van der Waals surface area contributed by atoms with E-state index in [4.69, 9.17) is 23.4 Å². The Labute approximate surface area is 334 Å². The number of amides is 1. The van der Waals surface area contributed by atoms with Crippen LogP contribution >= 0.6 is 0 Å². The smallest absolute Gasteiger partial charge is 0.337 e. The van der Waals surface area contributed by atoms with Crippen LogP contribution in [-0.4, -0.2) is 85.3 Å². The average molecular weight is 809 g/mol. The van der Waals surface area contributed by atoms with Crippen molar-refractivity contribution in [2.45, 2.75) is 114 Å². The highest BCUT2D eigenvalue weighted by molar-refractivity contribution is 7.89. The Morgan fingerprint density at radius 1 is 0.946 bits per heavy atom. The molecule has 2 aliphatic rings. The maximum atomic E-state index is 15.0. The summed E-state index contributed by atoms with van der Waals surface area (Å²) >= 11 is 0. The zero-order valence-electron chi connectivity index (χ0n) is 34.7. The van der Waals surface area contributed by atoms with Crippen molar-refractivity contribution in [2.24, 2.45) is 0 Å². The lowest BCUT2D eigenvalue weighted by Crippen LogP contribution is -2.65. The van der Waals surface area contributed by atoms with Crippen molar-refractivity contribution in [3.8, 4) is 5.75 Å². The molecule has 5 rings (SSSR count). The number of nitrogens with zero attached hydrogens (tertiary/aromatic N) is 2.